The maximum absolute atomic E-state index is 12.5. The van der Waals surface area contributed by atoms with Crippen molar-refractivity contribution in [3.05, 3.63) is 27.0 Å². The van der Waals surface area contributed by atoms with Crippen molar-refractivity contribution in [3.63, 3.8) is 0 Å². The number of carbonyl (C=O) groups is 1. The maximum Gasteiger partial charge on any atom is 0.325 e. The monoisotopic (exact) mass is 317 g/mol. The molecular weight excluding hydrogens is 302 g/mol. The first-order valence-corrected chi connectivity index (χ1v) is 7.58. The fourth-order valence-corrected chi connectivity index (χ4v) is 3.66. The molecule has 2 heterocycles. The van der Waals surface area contributed by atoms with Gasteiger partial charge < -0.3 is 15.6 Å². The predicted molar refractivity (Wildman–Crippen MR) is 72.3 cm³/mol. The average molecular weight is 317 g/mol. The molecule has 2 rings (SSSR count). The molecule has 0 spiro atoms. The summed E-state index contributed by atoms with van der Waals surface area (Å²) < 4.78 is 26.0. The van der Waals surface area contributed by atoms with Crippen molar-refractivity contribution in [1.29, 1.82) is 0 Å². The lowest BCUT2D eigenvalue weighted by Crippen LogP contribution is -2.59. The molecule has 10 nitrogen and oxygen atoms in total. The van der Waals surface area contributed by atoms with E-state index in [1.165, 1.54) is 7.05 Å². The van der Waals surface area contributed by atoms with Crippen LogP contribution in [0.3, 0.4) is 0 Å². The molecule has 0 aromatic carbocycles. The zero-order chi connectivity index (χ0) is 15.6. The molecule has 1 amide bonds. The van der Waals surface area contributed by atoms with Gasteiger partial charge in [0.2, 0.25) is 5.91 Å². The number of piperazine rings is 1. The van der Waals surface area contributed by atoms with E-state index in [4.69, 9.17) is 0 Å². The first-order valence-electron chi connectivity index (χ1n) is 6.14. The molecule has 0 bridgehead atoms. The Balaban J connectivity index is 2.48. The number of aromatic amines is 2. The Kier molecular flexibility index (Phi) is 4.25. The molecular formula is C10H15N5O5S. The average Bonchev–Trinajstić information content (AvgIpc) is 2.46. The van der Waals surface area contributed by atoms with Gasteiger partial charge in [-0.1, -0.05) is 0 Å². The number of rotatable bonds is 3. The van der Waals surface area contributed by atoms with Gasteiger partial charge in [0.05, 0.1) is 0 Å². The van der Waals surface area contributed by atoms with Crippen LogP contribution in [0.2, 0.25) is 0 Å². The van der Waals surface area contributed by atoms with Gasteiger partial charge in [0.25, 0.3) is 15.6 Å². The Hall–Kier alpha value is -1.98. The number of aromatic nitrogens is 2. The number of carbonyl (C=O) groups excluding carboxylic acids is 1. The number of sulfonamides is 1. The first kappa shape index (κ1) is 15.4. The molecule has 11 heteroatoms. The lowest BCUT2D eigenvalue weighted by atomic mass is 10.2. The van der Waals surface area contributed by atoms with Gasteiger partial charge in [-0.25, -0.2) is 13.2 Å². The summed E-state index contributed by atoms with van der Waals surface area (Å²) in [4.78, 5) is 37.8. The van der Waals surface area contributed by atoms with Crippen LogP contribution in [-0.2, 0) is 14.8 Å². The quantitative estimate of drug-likeness (QED) is 0.461. The summed E-state index contributed by atoms with van der Waals surface area (Å²) in [5.41, 5.74) is -1.82. The van der Waals surface area contributed by atoms with Crippen molar-refractivity contribution < 1.29 is 13.2 Å². The van der Waals surface area contributed by atoms with E-state index in [0.717, 1.165) is 10.5 Å². The summed E-state index contributed by atoms with van der Waals surface area (Å²) in [6.07, 6.45) is 0.833. The molecule has 1 atom stereocenters. The highest BCUT2D eigenvalue weighted by Gasteiger charge is 2.38. The standard InChI is InChI=1S/C10H15N5O5S/c1-11-8(16)6-4-12-2-3-15(6)21(19,20)7-5-13-10(18)14-9(7)17/h5-6,12H,2-4H2,1H3,(H,11,16)(H2,13,14,17,18). The van der Waals surface area contributed by atoms with Crippen LogP contribution in [0, 0.1) is 0 Å². The van der Waals surface area contributed by atoms with Crippen LogP contribution in [0.15, 0.2) is 20.7 Å². The molecule has 21 heavy (non-hydrogen) atoms. The lowest BCUT2D eigenvalue weighted by Gasteiger charge is -2.33. The number of H-pyrrole nitrogens is 2. The summed E-state index contributed by atoms with van der Waals surface area (Å²) in [5, 5.41) is 5.30. The highest BCUT2D eigenvalue weighted by molar-refractivity contribution is 7.89. The number of likely N-dealkylation sites (N-methyl/N-ethyl adjacent to an activating group) is 1. The van der Waals surface area contributed by atoms with Crippen molar-refractivity contribution >= 4 is 15.9 Å². The normalized spacial score (nSPS) is 20.1. The van der Waals surface area contributed by atoms with E-state index in [2.05, 4.69) is 15.6 Å². The minimum Gasteiger partial charge on any atom is -0.358 e. The predicted octanol–water partition coefficient (Wildman–Crippen LogP) is -3.23. The molecule has 1 aliphatic heterocycles. The molecule has 1 aromatic heterocycles. The zero-order valence-electron chi connectivity index (χ0n) is 11.2. The van der Waals surface area contributed by atoms with Crippen molar-refractivity contribution in [1.82, 2.24) is 24.9 Å². The van der Waals surface area contributed by atoms with Crippen molar-refractivity contribution in [2.75, 3.05) is 26.7 Å². The molecule has 1 aliphatic rings. The lowest BCUT2D eigenvalue weighted by molar-refractivity contribution is -0.124. The molecule has 0 aliphatic carbocycles. The van der Waals surface area contributed by atoms with Gasteiger partial charge in [0.15, 0.2) is 4.90 Å². The minimum absolute atomic E-state index is 0.0407. The number of nitrogens with zero attached hydrogens (tertiary/aromatic N) is 1. The van der Waals surface area contributed by atoms with Crippen molar-refractivity contribution in [2.24, 2.45) is 0 Å². The van der Waals surface area contributed by atoms with E-state index in [1.54, 1.807) is 0 Å². The Bertz CT molecular complexity index is 752. The molecule has 1 saturated heterocycles. The summed E-state index contributed by atoms with van der Waals surface area (Å²) in [7, 11) is -2.80. The first-order chi connectivity index (χ1) is 9.87. The largest absolute Gasteiger partial charge is 0.358 e. The summed E-state index contributed by atoms with van der Waals surface area (Å²) in [6, 6.07) is -0.958. The maximum atomic E-state index is 12.5. The topological polar surface area (TPSA) is 144 Å². The van der Waals surface area contributed by atoms with Crippen LogP contribution >= 0.6 is 0 Å². The fraction of sp³-hybridized carbons (Fsp3) is 0.500. The van der Waals surface area contributed by atoms with E-state index in [0.29, 0.717) is 6.54 Å². The molecule has 1 fully saturated rings. The van der Waals surface area contributed by atoms with Gasteiger partial charge >= 0.3 is 5.69 Å². The molecule has 1 aromatic rings. The molecule has 0 radical (unpaired) electrons. The van der Waals surface area contributed by atoms with E-state index in [-0.39, 0.29) is 13.1 Å². The van der Waals surface area contributed by atoms with Crippen LogP contribution < -0.4 is 21.9 Å². The van der Waals surface area contributed by atoms with Crippen LogP contribution in [0.4, 0.5) is 0 Å². The Morgan fingerprint density at radius 1 is 1.43 bits per heavy atom. The highest BCUT2D eigenvalue weighted by Crippen LogP contribution is 2.15. The number of hydrogen-bond acceptors (Lipinski definition) is 6. The second-order valence-corrected chi connectivity index (χ2v) is 6.25. The van der Waals surface area contributed by atoms with Crippen LogP contribution in [-0.4, -0.2) is 61.3 Å². The molecule has 1 unspecified atom stereocenters. The Morgan fingerprint density at radius 2 is 2.14 bits per heavy atom. The van der Waals surface area contributed by atoms with E-state index in [9.17, 15) is 22.8 Å². The van der Waals surface area contributed by atoms with Crippen LogP contribution in [0.1, 0.15) is 0 Å². The second kappa shape index (κ2) is 5.79. The van der Waals surface area contributed by atoms with E-state index < -0.39 is 38.1 Å². The summed E-state index contributed by atoms with van der Waals surface area (Å²) >= 11 is 0. The number of amides is 1. The fourth-order valence-electron chi connectivity index (χ4n) is 2.08. The molecule has 4 N–H and O–H groups in total. The van der Waals surface area contributed by atoms with Gasteiger partial charge in [-0.3, -0.25) is 14.6 Å². The summed E-state index contributed by atoms with van der Waals surface area (Å²) in [5.74, 6) is -0.480. The molecule has 0 saturated carbocycles. The van der Waals surface area contributed by atoms with Gasteiger partial charge in [0, 0.05) is 32.9 Å². The van der Waals surface area contributed by atoms with E-state index >= 15 is 0 Å². The molecule has 116 valence electrons. The smallest absolute Gasteiger partial charge is 0.325 e. The summed E-state index contributed by atoms with van der Waals surface area (Å²) in [6.45, 7) is 0.535. The van der Waals surface area contributed by atoms with Crippen molar-refractivity contribution in [2.45, 2.75) is 10.9 Å². The Labute approximate surface area is 119 Å². The van der Waals surface area contributed by atoms with Gasteiger partial charge in [0.1, 0.15) is 6.04 Å². The van der Waals surface area contributed by atoms with Gasteiger partial charge in [-0.2, -0.15) is 4.31 Å². The highest BCUT2D eigenvalue weighted by atomic mass is 32.2. The van der Waals surface area contributed by atoms with Crippen LogP contribution in [0.25, 0.3) is 0 Å². The van der Waals surface area contributed by atoms with Crippen LogP contribution in [0.5, 0.6) is 0 Å². The minimum atomic E-state index is -4.20. The van der Waals surface area contributed by atoms with Gasteiger partial charge in [-0.05, 0) is 0 Å². The van der Waals surface area contributed by atoms with E-state index in [1.807, 2.05) is 4.98 Å². The third-order valence-electron chi connectivity index (χ3n) is 3.12. The second-order valence-electron chi connectivity index (χ2n) is 4.39. The van der Waals surface area contributed by atoms with Crippen molar-refractivity contribution in [3.8, 4) is 0 Å². The number of nitrogens with one attached hydrogen (secondary N) is 4. The SMILES string of the molecule is CNC(=O)C1CNCCN1S(=O)(=O)c1c[nH]c(=O)[nH]c1=O. The zero-order valence-corrected chi connectivity index (χ0v) is 12.0. The Morgan fingerprint density at radius 3 is 2.76 bits per heavy atom. The number of hydrogen-bond donors (Lipinski definition) is 4. The third kappa shape index (κ3) is 2.89. The third-order valence-corrected chi connectivity index (χ3v) is 5.03. The van der Waals surface area contributed by atoms with Gasteiger partial charge in [-0.15, -0.1) is 0 Å².